The van der Waals surface area contributed by atoms with Gasteiger partial charge in [0.1, 0.15) is 11.2 Å². The second-order valence-corrected chi connectivity index (χ2v) is 11.7. The van der Waals surface area contributed by atoms with E-state index >= 15 is 0 Å². The molecule has 8 aromatic rings. The van der Waals surface area contributed by atoms with Gasteiger partial charge in [0.25, 0.3) is 0 Å². The Bertz CT molecular complexity index is 2690. The first kappa shape index (κ1) is 20.3. The van der Waals surface area contributed by atoms with Crippen LogP contribution in [-0.2, 0) is 5.41 Å². The molecular weight excluding hydrogens is 538 g/mol. The zero-order valence-electron chi connectivity index (χ0n) is 29.0. The van der Waals surface area contributed by atoms with Crippen LogP contribution in [0.3, 0.4) is 0 Å². The minimum absolute atomic E-state index is 0.00561. The number of fused-ring (bicyclic) bond motifs is 7. The number of aromatic nitrogens is 3. The van der Waals surface area contributed by atoms with E-state index in [0.29, 0.717) is 17.2 Å². The fourth-order valence-corrected chi connectivity index (χ4v) is 6.73. The zero-order chi connectivity index (χ0) is 33.8. The summed E-state index contributed by atoms with van der Waals surface area (Å²) in [5.41, 5.74) is 6.99. The van der Waals surface area contributed by atoms with Gasteiger partial charge in [0, 0.05) is 32.9 Å². The Balaban J connectivity index is 1.32. The van der Waals surface area contributed by atoms with Crippen LogP contribution < -0.4 is 0 Å². The molecule has 1 aliphatic rings. The molecule has 0 spiro atoms. The van der Waals surface area contributed by atoms with E-state index in [1.54, 1.807) is 0 Å². The molecule has 0 unspecified atom stereocenters. The van der Waals surface area contributed by atoms with Crippen molar-refractivity contribution in [1.29, 1.82) is 0 Å². The van der Waals surface area contributed by atoms with E-state index in [0.717, 1.165) is 55.0 Å². The maximum Gasteiger partial charge on any atom is 0.164 e. The number of rotatable bonds is 3. The molecule has 0 fully saturated rings. The monoisotopic (exact) mass is 570 g/mol. The molecule has 2 heterocycles. The van der Waals surface area contributed by atoms with Crippen molar-refractivity contribution >= 4 is 32.7 Å². The molecule has 0 amide bonds. The first-order valence-electron chi connectivity index (χ1n) is 17.0. The van der Waals surface area contributed by atoms with Gasteiger partial charge in [-0.05, 0) is 63.4 Å². The van der Waals surface area contributed by atoms with Gasteiger partial charge >= 0.3 is 0 Å². The molecule has 208 valence electrons. The van der Waals surface area contributed by atoms with Crippen molar-refractivity contribution in [1.82, 2.24) is 15.0 Å². The maximum atomic E-state index is 8.75. The van der Waals surface area contributed by atoms with Crippen molar-refractivity contribution in [3.63, 3.8) is 0 Å². The van der Waals surface area contributed by atoms with Crippen LogP contribution in [0, 0.1) is 0 Å². The van der Waals surface area contributed by atoms with Gasteiger partial charge in [0.05, 0.1) is 6.85 Å². The first-order chi connectivity index (χ1) is 23.6. The van der Waals surface area contributed by atoms with Crippen molar-refractivity contribution in [3.8, 4) is 45.3 Å². The topological polar surface area (TPSA) is 51.8 Å². The van der Waals surface area contributed by atoms with Crippen LogP contribution in [0.5, 0.6) is 0 Å². The van der Waals surface area contributed by atoms with E-state index in [4.69, 9.17) is 26.2 Å². The Morgan fingerprint density at radius 1 is 0.568 bits per heavy atom. The molecule has 0 saturated heterocycles. The molecule has 44 heavy (non-hydrogen) atoms. The van der Waals surface area contributed by atoms with Crippen LogP contribution in [0.15, 0.2) is 132 Å². The van der Waals surface area contributed by atoms with Crippen LogP contribution in [0.4, 0.5) is 0 Å². The van der Waals surface area contributed by atoms with Gasteiger partial charge in [-0.3, -0.25) is 0 Å². The van der Waals surface area contributed by atoms with Gasteiger partial charge in [0.2, 0.25) is 0 Å². The zero-order valence-corrected chi connectivity index (χ0v) is 24.0. The molecule has 6 aromatic carbocycles. The van der Waals surface area contributed by atoms with Gasteiger partial charge in [0.15, 0.2) is 17.5 Å². The van der Waals surface area contributed by atoms with Crippen LogP contribution in [0.2, 0.25) is 0 Å². The Morgan fingerprint density at radius 2 is 1.23 bits per heavy atom. The van der Waals surface area contributed by atoms with Crippen molar-refractivity contribution in [2.75, 3.05) is 0 Å². The Labute approximate surface area is 261 Å². The quantitative estimate of drug-likeness (QED) is 0.212. The normalized spacial score (nSPS) is 15.0. The lowest BCUT2D eigenvalue weighted by molar-refractivity contribution is 0.661. The van der Waals surface area contributed by atoms with E-state index in [2.05, 4.69) is 50.2 Å². The van der Waals surface area contributed by atoms with Crippen molar-refractivity contribution in [2.24, 2.45) is 0 Å². The van der Waals surface area contributed by atoms with E-state index in [-0.39, 0.29) is 28.9 Å². The molecule has 4 heteroatoms. The predicted octanol–water partition coefficient (Wildman–Crippen LogP) is 10.2. The number of hydrogen-bond acceptors (Lipinski definition) is 4. The lowest BCUT2D eigenvalue weighted by Crippen LogP contribution is -2.17. The summed E-state index contributed by atoms with van der Waals surface area (Å²) in [7, 11) is 0. The van der Waals surface area contributed by atoms with E-state index in [9.17, 15) is 0 Å². The summed E-state index contributed by atoms with van der Waals surface area (Å²) in [5, 5.41) is 4.02. The van der Waals surface area contributed by atoms with Gasteiger partial charge in [-0.1, -0.05) is 111 Å². The van der Waals surface area contributed by atoms with Crippen LogP contribution in [0.25, 0.3) is 78.0 Å². The van der Waals surface area contributed by atoms with Gasteiger partial charge in [-0.2, -0.15) is 0 Å². The lowest BCUT2D eigenvalue weighted by atomic mass is 9.80. The number of hydrogen-bond donors (Lipinski definition) is 0. The average Bonchev–Trinajstić information content (AvgIpc) is 3.59. The maximum absolute atomic E-state index is 8.75. The summed E-state index contributed by atoms with van der Waals surface area (Å²) in [6, 6.07) is 30.3. The number of benzene rings is 6. The molecular formula is C40H27N3O. The second-order valence-electron chi connectivity index (χ2n) is 11.7. The molecule has 0 bridgehead atoms. The van der Waals surface area contributed by atoms with Crippen molar-refractivity contribution in [2.45, 2.75) is 19.3 Å². The molecule has 0 aliphatic heterocycles. The van der Waals surface area contributed by atoms with E-state index < -0.39 is 18.1 Å². The summed E-state index contributed by atoms with van der Waals surface area (Å²) in [4.78, 5) is 14.7. The van der Waals surface area contributed by atoms with Gasteiger partial charge < -0.3 is 4.42 Å². The molecule has 2 aromatic heterocycles. The molecule has 9 rings (SSSR count). The largest absolute Gasteiger partial charge is 0.456 e. The van der Waals surface area contributed by atoms with Gasteiger partial charge in [-0.25, -0.2) is 15.0 Å². The minimum Gasteiger partial charge on any atom is -0.456 e. The lowest BCUT2D eigenvalue weighted by Gasteiger charge is -2.24. The standard InChI is InChI=1S/C40H27N3O/c1-40(2)33-18-9-8-15-28(33)29-16-10-17-30(36(29)40)39-42-37(24-11-4-3-5-12-24)41-38(43-39)27-19-20-34-31(22-27)32-21-25-13-6-7-14-26(25)23-35(32)44-34/h3-23H,1-2H3/i3D,4D,5D,11D,12D. The smallest absolute Gasteiger partial charge is 0.164 e. The Morgan fingerprint density at radius 3 is 2.07 bits per heavy atom. The highest BCUT2D eigenvalue weighted by Gasteiger charge is 2.38. The third-order valence-electron chi connectivity index (χ3n) is 8.78. The molecule has 0 N–H and O–H groups in total. The SMILES string of the molecule is [2H]c1c([2H])c([2H])c(-c2nc(-c3ccc4oc5cc6ccccc6cc5c4c3)nc(-c3cccc4c3C(C)(C)c3ccccc3-4)n2)c([2H])c1[2H]. The van der Waals surface area contributed by atoms with E-state index in [1.165, 1.54) is 5.56 Å². The molecule has 0 radical (unpaired) electrons. The number of nitrogens with zero attached hydrogens (tertiary/aromatic N) is 3. The Kier molecular flexibility index (Phi) is 4.25. The molecule has 0 saturated carbocycles. The fourth-order valence-electron chi connectivity index (χ4n) is 6.73. The summed E-state index contributed by atoms with van der Waals surface area (Å²) in [5.74, 6) is 0.675. The highest BCUT2D eigenvalue weighted by atomic mass is 16.3. The number of furan rings is 1. The second kappa shape index (κ2) is 9.19. The van der Waals surface area contributed by atoms with Crippen LogP contribution >= 0.6 is 0 Å². The van der Waals surface area contributed by atoms with Crippen molar-refractivity contribution in [3.05, 3.63) is 138 Å². The van der Waals surface area contributed by atoms with Crippen LogP contribution in [-0.4, -0.2) is 15.0 Å². The third-order valence-corrected chi connectivity index (χ3v) is 8.78. The Hall–Kier alpha value is -5.61. The minimum atomic E-state index is -0.474. The van der Waals surface area contributed by atoms with Crippen LogP contribution in [0.1, 0.15) is 31.8 Å². The molecule has 0 atom stereocenters. The summed E-state index contributed by atoms with van der Waals surface area (Å²) < 4.78 is 48.6. The summed E-state index contributed by atoms with van der Waals surface area (Å²) in [6.45, 7) is 4.36. The van der Waals surface area contributed by atoms with Crippen molar-refractivity contribution < 1.29 is 11.3 Å². The highest BCUT2D eigenvalue weighted by Crippen LogP contribution is 2.51. The van der Waals surface area contributed by atoms with E-state index in [1.807, 2.05) is 60.7 Å². The summed E-state index contributed by atoms with van der Waals surface area (Å²) >= 11 is 0. The molecule has 1 aliphatic carbocycles. The summed E-state index contributed by atoms with van der Waals surface area (Å²) in [6.07, 6.45) is 0. The predicted molar refractivity (Wildman–Crippen MR) is 178 cm³/mol. The van der Waals surface area contributed by atoms with Gasteiger partial charge in [-0.15, -0.1) is 0 Å². The highest BCUT2D eigenvalue weighted by molar-refractivity contribution is 6.10. The molecule has 4 nitrogen and oxygen atoms in total. The third kappa shape index (κ3) is 3.67. The fraction of sp³-hybridized carbons (Fsp3) is 0.0750. The average molecular weight is 571 g/mol. The first-order valence-corrected chi connectivity index (χ1v) is 14.5.